The fraction of sp³-hybridized carbons (Fsp3) is 0.190. The summed E-state index contributed by atoms with van der Waals surface area (Å²) in [6.07, 6.45) is 1.61. The number of hydrogen-bond donors (Lipinski definition) is 1. The highest BCUT2D eigenvalue weighted by molar-refractivity contribution is 6.30. The van der Waals surface area contributed by atoms with Crippen LogP contribution in [0, 0.1) is 0 Å². The van der Waals surface area contributed by atoms with Gasteiger partial charge in [0.15, 0.2) is 0 Å². The molecular weight excluding hydrogens is 362 g/mol. The molecule has 1 heterocycles. The molecule has 6 heteroatoms. The van der Waals surface area contributed by atoms with E-state index in [-0.39, 0.29) is 6.03 Å². The molecule has 0 radical (unpaired) electrons. The molecule has 0 saturated carbocycles. The zero-order valence-corrected chi connectivity index (χ0v) is 16.1. The Morgan fingerprint density at radius 3 is 2.30 bits per heavy atom. The van der Waals surface area contributed by atoms with E-state index >= 15 is 0 Å². The number of hydrogen-bond acceptors (Lipinski definition) is 3. The number of halogens is 1. The van der Waals surface area contributed by atoms with Crippen LogP contribution in [-0.4, -0.2) is 25.0 Å². The number of rotatable bonds is 6. The van der Waals surface area contributed by atoms with Crippen LogP contribution in [0.25, 0.3) is 0 Å². The number of carbonyl (C=O) groups excluding carboxylic acids is 1. The molecule has 0 aliphatic carbocycles. The third-order valence-electron chi connectivity index (χ3n) is 4.14. The monoisotopic (exact) mass is 383 g/mol. The number of amides is 2. The summed E-state index contributed by atoms with van der Waals surface area (Å²) in [6.45, 7) is 0.843. The van der Waals surface area contributed by atoms with E-state index in [1.807, 2.05) is 55.4 Å². The molecule has 2 amide bonds. The van der Waals surface area contributed by atoms with Crippen molar-refractivity contribution in [1.29, 1.82) is 0 Å². The van der Waals surface area contributed by atoms with Gasteiger partial charge in [0.25, 0.3) is 0 Å². The first kappa shape index (κ1) is 18.9. The highest BCUT2D eigenvalue weighted by atomic mass is 35.5. The smallest absolute Gasteiger partial charge is 0.322 e. The van der Waals surface area contributed by atoms with Crippen LogP contribution in [0.15, 0.2) is 71.3 Å². The first-order valence-corrected chi connectivity index (χ1v) is 8.99. The molecule has 0 fully saturated rings. The van der Waals surface area contributed by atoms with Crippen molar-refractivity contribution >= 4 is 29.0 Å². The summed E-state index contributed by atoms with van der Waals surface area (Å²) in [6, 6.07) is 18.6. The minimum Gasteiger partial charge on any atom is -0.467 e. The summed E-state index contributed by atoms with van der Waals surface area (Å²) in [7, 11) is 4.00. The van der Waals surface area contributed by atoms with Gasteiger partial charge in [0, 0.05) is 37.0 Å². The summed E-state index contributed by atoms with van der Waals surface area (Å²) in [5, 5.41) is 3.54. The molecule has 0 saturated heterocycles. The maximum atomic E-state index is 12.8. The molecule has 3 aromatic rings. The van der Waals surface area contributed by atoms with E-state index in [0.29, 0.717) is 23.8 Å². The van der Waals surface area contributed by atoms with E-state index in [1.165, 1.54) is 0 Å². The Balaban J connectivity index is 1.75. The number of benzene rings is 2. The average Bonchev–Trinajstić information content (AvgIpc) is 3.16. The summed E-state index contributed by atoms with van der Waals surface area (Å²) in [5.41, 5.74) is 2.84. The number of furan rings is 1. The summed E-state index contributed by atoms with van der Waals surface area (Å²) >= 11 is 5.91. The largest absolute Gasteiger partial charge is 0.467 e. The fourth-order valence-corrected chi connectivity index (χ4v) is 2.77. The van der Waals surface area contributed by atoms with Crippen molar-refractivity contribution in [3.63, 3.8) is 0 Å². The predicted octanol–water partition coefficient (Wildman–Crippen LogP) is 5.23. The predicted molar refractivity (Wildman–Crippen MR) is 109 cm³/mol. The van der Waals surface area contributed by atoms with Crippen LogP contribution in [0.5, 0.6) is 0 Å². The van der Waals surface area contributed by atoms with Crippen LogP contribution < -0.4 is 10.2 Å². The average molecular weight is 384 g/mol. The van der Waals surface area contributed by atoms with E-state index in [9.17, 15) is 4.79 Å². The molecule has 5 nitrogen and oxygen atoms in total. The van der Waals surface area contributed by atoms with Crippen molar-refractivity contribution in [2.45, 2.75) is 13.1 Å². The van der Waals surface area contributed by atoms with Gasteiger partial charge in [-0.15, -0.1) is 0 Å². The summed E-state index contributed by atoms with van der Waals surface area (Å²) < 4.78 is 5.42. The van der Waals surface area contributed by atoms with Crippen LogP contribution in [0.2, 0.25) is 5.02 Å². The summed E-state index contributed by atoms with van der Waals surface area (Å²) in [5.74, 6) is 0.728. The van der Waals surface area contributed by atoms with Crippen molar-refractivity contribution in [2.24, 2.45) is 0 Å². The Morgan fingerprint density at radius 2 is 1.70 bits per heavy atom. The lowest BCUT2D eigenvalue weighted by molar-refractivity contribution is 0.201. The second kappa shape index (κ2) is 8.64. The van der Waals surface area contributed by atoms with Gasteiger partial charge in [-0.2, -0.15) is 0 Å². The molecule has 0 aliphatic rings. The molecule has 0 spiro atoms. The molecule has 0 unspecified atom stereocenters. The van der Waals surface area contributed by atoms with E-state index in [0.717, 1.165) is 17.0 Å². The van der Waals surface area contributed by atoms with Gasteiger partial charge in [-0.3, -0.25) is 0 Å². The Bertz CT molecular complexity index is 859. The zero-order valence-electron chi connectivity index (χ0n) is 15.4. The molecule has 140 valence electrons. The minimum atomic E-state index is -0.203. The van der Waals surface area contributed by atoms with E-state index in [1.54, 1.807) is 35.4 Å². The maximum Gasteiger partial charge on any atom is 0.322 e. The third kappa shape index (κ3) is 5.28. The zero-order chi connectivity index (χ0) is 19.2. The van der Waals surface area contributed by atoms with Crippen molar-refractivity contribution in [2.75, 3.05) is 24.3 Å². The van der Waals surface area contributed by atoms with Crippen LogP contribution in [-0.2, 0) is 13.1 Å². The molecule has 0 aliphatic heterocycles. The van der Waals surface area contributed by atoms with E-state index < -0.39 is 0 Å². The Kier molecular flexibility index (Phi) is 6.04. The molecule has 27 heavy (non-hydrogen) atoms. The topological polar surface area (TPSA) is 48.7 Å². The quantitative estimate of drug-likeness (QED) is 0.633. The standard InChI is InChI=1S/C21H22ClN3O2/c1-24(2)19-11-5-16(6-12-19)14-25(15-20-4-3-13-27-20)21(26)23-18-9-7-17(22)8-10-18/h3-13H,14-15H2,1-2H3,(H,23,26). The molecule has 2 aromatic carbocycles. The van der Waals surface area contributed by atoms with Crippen molar-refractivity contribution in [1.82, 2.24) is 4.90 Å². The lowest BCUT2D eigenvalue weighted by Crippen LogP contribution is -2.34. The van der Waals surface area contributed by atoms with Crippen LogP contribution in [0.1, 0.15) is 11.3 Å². The van der Waals surface area contributed by atoms with Gasteiger partial charge in [0.1, 0.15) is 5.76 Å². The van der Waals surface area contributed by atoms with E-state index in [2.05, 4.69) is 5.32 Å². The highest BCUT2D eigenvalue weighted by Gasteiger charge is 2.16. The number of carbonyl (C=O) groups is 1. The molecule has 1 aromatic heterocycles. The number of anilines is 2. The lowest BCUT2D eigenvalue weighted by Gasteiger charge is -2.23. The lowest BCUT2D eigenvalue weighted by atomic mass is 10.2. The molecule has 1 N–H and O–H groups in total. The van der Waals surface area contributed by atoms with Crippen LogP contribution >= 0.6 is 11.6 Å². The minimum absolute atomic E-state index is 0.203. The molecule has 3 rings (SSSR count). The van der Waals surface area contributed by atoms with Crippen molar-refractivity contribution < 1.29 is 9.21 Å². The van der Waals surface area contributed by atoms with Gasteiger partial charge < -0.3 is 19.5 Å². The van der Waals surface area contributed by atoms with Gasteiger partial charge in [0.2, 0.25) is 0 Å². The SMILES string of the molecule is CN(C)c1ccc(CN(Cc2ccco2)C(=O)Nc2ccc(Cl)cc2)cc1. The Morgan fingerprint density at radius 1 is 1.00 bits per heavy atom. The van der Waals surface area contributed by atoms with Gasteiger partial charge in [-0.25, -0.2) is 4.79 Å². The highest BCUT2D eigenvalue weighted by Crippen LogP contribution is 2.18. The van der Waals surface area contributed by atoms with Gasteiger partial charge in [0.05, 0.1) is 12.8 Å². The third-order valence-corrected chi connectivity index (χ3v) is 4.39. The van der Waals surface area contributed by atoms with E-state index in [4.69, 9.17) is 16.0 Å². The Hall–Kier alpha value is -2.92. The maximum absolute atomic E-state index is 12.8. The number of nitrogens with zero attached hydrogens (tertiary/aromatic N) is 2. The van der Waals surface area contributed by atoms with Crippen molar-refractivity contribution in [3.05, 3.63) is 83.3 Å². The molecular formula is C21H22ClN3O2. The van der Waals surface area contributed by atoms with Gasteiger partial charge in [-0.1, -0.05) is 23.7 Å². The van der Waals surface area contributed by atoms with Crippen LogP contribution in [0.4, 0.5) is 16.2 Å². The molecule has 0 bridgehead atoms. The first-order valence-electron chi connectivity index (χ1n) is 8.61. The Labute approximate surface area is 164 Å². The number of urea groups is 1. The van der Waals surface area contributed by atoms with Gasteiger partial charge >= 0.3 is 6.03 Å². The second-order valence-corrected chi connectivity index (χ2v) is 6.87. The second-order valence-electron chi connectivity index (χ2n) is 6.43. The van der Waals surface area contributed by atoms with Crippen molar-refractivity contribution in [3.8, 4) is 0 Å². The fourth-order valence-electron chi connectivity index (χ4n) is 2.65. The summed E-state index contributed by atoms with van der Waals surface area (Å²) in [4.78, 5) is 16.6. The van der Waals surface area contributed by atoms with Gasteiger partial charge in [-0.05, 0) is 54.1 Å². The van der Waals surface area contributed by atoms with Crippen LogP contribution in [0.3, 0.4) is 0 Å². The normalized spacial score (nSPS) is 10.5. The number of nitrogens with one attached hydrogen (secondary N) is 1. The first-order chi connectivity index (χ1) is 13.0. The molecule has 0 atom stereocenters.